The molecule has 3 N–H and O–H groups in total. The molecule has 0 aliphatic rings. The van der Waals surface area contributed by atoms with E-state index in [1.165, 1.54) is 0 Å². The van der Waals surface area contributed by atoms with Crippen LogP contribution in [0.15, 0.2) is 0 Å². The summed E-state index contributed by atoms with van der Waals surface area (Å²) < 4.78 is 0. The van der Waals surface area contributed by atoms with Crippen LogP contribution in [0.3, 0.4) is 0 Å². The Morgan fingerprint density at radius 2 is 2.17 bits per heavy atom. The lowest BCUT2D eigenvalue weighted by atomic mass is 10.1. The number of amides is 1. The van der Waals surface area contributed by atoms with Crippen molar-refractivity contribution in [1.29, 1.82) is 0 Å². The van der Waals surface area contributed by atoms with Crippen molar-refractivity contribution in [2.24, 2.45) is 11.7 Å². The Hall–Kier alpha value is -0.900. The van der Waals surface area contributed by atoms with E-state index in [2.05, 4.69) is 5.32 Å². The van der Waals surface area contributed by atoms with Gasteiger partial charge in [0.1, 0.15) is 0 Å². The number of hydrogen-bond acceptors (Lipinski definition) is 3. The second kappa shape index (κ2) is 5.71. The minimum atomic E-state index is -0.489. The highest BCUT2D eigenvalue weighted by molar-refractivity contribution is 5.81. The van der Waals surface area contributed by atoms with Gasteiger partial charge in [-0.1, -0.05) is 13.8 Å². The molecule has 0 aliphatic heterocycles. The van der Waals surface area contributed by atoms with Gasteiger partial charge in [-0.25, -0.2) is 0 Å². The summed E-state index contributed by atoms with van der Waals surface area (Å²) in [6.07, 6.45) is 1.90. The van der Waals surface area contributed by atoms with E-state index in [-0.39, 0.29) is 18.2 Å². The molecule has 0 heterocycles. The second-order valence-electron chi connectivity index (χ2n) is 2.96. The molecule has 1 amide bonds. The third kappa shape index (κ3) is 4.08. The van der Waals surface area contributed by atoms with Gasteiger partial charge in [-0.15, -0.1) is 0 Å². The van der Waals surface area contributed by atoms with Gasteiger partial charge >= 0.3 is 0 Å². The first kappa shape index (κ1) is 11.1. The van der Waals surface area contributed by atoms with Crippen LogP contribution in [0.1, 0.15) is 20.3 Å². The van der Waals surface area contributed by atoms with E-state index in [0.29, 0.717) is 6.54 Å². The average molecular weight is 171 g/mol. The maximum absolute atomic E-state index is 11.1. The first-order valence-electron chi connectivity index (χ1n) is 3.98. The molecule has 0 bridgehead atoms. The van der Waals surface area contributed by atoms with Crippen molar-refractivity contribution in [2.75, 3.05) is 6.54 Å². The molecular formula is C8H15N2O2. The van der Waals surface area contributed by atoms with Crippen LogP contribution >= 0.6 is 0 Å². The van der Waals surface area contributed by atoms with Crippen LogP contribution in [0.5, 0.6) is 0 Å². The molecule has 0 saturated heterocycles. The minimum absolute atomic E-state index is 0.116. The van der Waals surface area contributed by atoms with Gasteiger partial charge in [0.15, 0.2) is 6.29 Å². The van der Waals surface area contributed by atoms with Gasteiger partial charge in [-0.2, -0.15) is 0 Å². The van der Waals surface area contributed by atoms with Crippen LogP contribution in [0.4, 0.5) is 0 Å². The lowest BCUT2D eigenvalue weighted by molar-refractivity contribution is -0.123. The number of carbonyl (C=O) groups is 1. The molecule has 0 spiro atoms. The van der Waals surface area contributed by atoms with Gasteiger partial charge in [0.05, 0.1) is 6.04 Å². The largest absolute Gasteiger partial charge is 0.354 e. The zero-order valence-electron chi connectivity index (χ0n) is 7.46. The number of nitrogens with two attached hydrogens (primary N) is 1. The highest BCUT2D eigenvalue weighted by Gasteiger charge is 2.15. The predicted octanol–water partition coefficient (Wildman–Crippen LogP) is -0.414. The summed E-state index contributed by atoms with van der Waals surface area (Å²) in [6.45, 7) is 4.06. The molecular weight excluding hydrogens is 156 g/mol. The van der Waals surface area contributed by atoms with E-state index < -0.39 is 6.04 Å². The number of carbonyl (C=O) groups excluding carboxylic acids is 2. The quantitative estimate of drug-likeness (QED) is 0.552. The average Bonchev–Trinajstić information content (AvgIpc) is 2.03. The van der Waals surface area contributed by atoms with Crippen molar-refractivity contribution in [3.63, 3.8) is 0 Å². The van der Waals surface area contributed by atoms with Gasteiger partial charge in [-0.05, 0) is 5.92 Å². The summed E-state index contributed by atoms with van der Waals surface area (Å²) in [7, 11) is 0. The summed E-state index contributed by atoms with van der Waals surface area (Å²) in [5.41, 5.74) is 5.53. The van der Waals surface area contributed by atoms with Crippen molar-refractivity contribution in [1.82, 2.24) is 5.32 Å². The van der Waals surface area contributed by atoms with Crippen molar-refractivity contribution < 1.29 is 9.59 Å². The second-order valence-corrected chi connectivity index (χ2v) is 2.96. The third-order valence-electron chi connectivity index (χ3n) is 1.55. The number of hydrogen-bond donors (Lipinski definition) is 2. The normalized spacial score (nSPS) is 12.7. The van der Waals surface area contributed by atoms with Crippen molar-refractivity contribution in [3.8, 4) is 0 Å². The standard InChI is InChI=1S/C8H15N2O2/c1-6(2)7(9)8(12)10-4-3-5-11/h6-7H,3-4,9H2,1-2H3,(H,10,12)/t7-/m0/s1. The molecule has 0 aromatic rings. The van der Waals surface area contributed by atoms with Crippen molar-refractivity contribution in [2.45, 2.75) is 26.3 Å². The first-order chi connectivity index (χ1) is 5.59. The summed E-state index contributed by atoms with van der Waals surface area (Å²) in [6, 6.07) is -0.489. The van der Waals surface area contributed by atoms with Crippen LogP contribution < -0.4 is 11.1 Å². The molecule has 0 aromatic heterocycles. The number of rotatable bonds is 5. The molecule has 0 aromatic carbocycles. The molecule has 1 radical (unpaired) electrons. The zero-order valence-corrected chi connectivity index (χ0v) is 7.46. The maximum atomic E-state index is 11.1. The Kier molecular flexibility index (Phi) is 5.28. The fourth-order valence-corrected chi connectivity index (χ4v) is 0.657. The fraction of sp³-hybridized carbons (Fsp3) is 0.750. The van der Waals surface area contributed by atoms with E-state index in [1.54, 1.807) is 6.29 Å². The first-order valence-corrected chi connectivity index (χ1v) is 3.98. The van der Waals surface area contributed by atoms with Gasteiger partial charge in [0.25, 0.3) is 0 Å². The molecule has 4 heteroatoms. The molecule has 4 nitrogen and oxygen atoms in total. The highest BCUT2D eigenvalue weighted by Crippen LogP contribution is 1.97. The third-order valence-corrected chi connectivity index (χ3v) is 1.55. The SMILES string of the molecule is CC(C)[C@H](N)C(=O)NCC[C]=O. The van der Waals surface area contributed by atoms with Crippen LogP contribution in [-0.4, -0.2) is 24.8 Å². The Labute approximate surface area is 72.5 Å². The topological polar surface area (TPSA) is 72.2 Å². The van der Waals surface area contributed by atoms with Gasteiger partial charge in [0.2, 0.25) is 5.91 Å². The van der Waals surface area contributed by atoms with E-state index in [1.807, 2.05) is 13.8 Å². The molecule has 0 aliphatic carbocycles. The Bertz CT molecular complexity index is 157. The number of nitrogens with one attached hydrogen (secondary N) is 1. The Morgan fingerprint density at radius 1 is 1.58 bits per heavy atom. The predicted molar refractivity (Wildman–Crippen MR) is 46.1 cm³/mol. The lowest BCUT2D eigenvalue weighted by Crippen LogP contribution is -2.44. The van der Waals surface area contributed by atoms with Crippen LogP contribution in [0, 0.1) is 5.92 Å². The van der Waals surface area contributed by atoms with Gasteiger partial charge < -0.3 is 11.1 Å². The zero-order chi connectivity index (χ0) is 9.56. The molecule has 0 fully saturated rings. The summed E-state index contributed by atoms with van der Waals surface area (Å²) in [5, 5.41) is 2.54. The van der Waals surface area contributed by atoms with E-state index in [4.69, 9.17) is 5.73 Å². The smallest absolute Gasteiger partial charge is 0.237 e. The van der Waals surface area contributed by atoms with Crippen LogP contribution in [0.2, 0.25) is 0 Å². The van der Waals surface area contributed by atoms with Crippen molar-refractivity contribution >= 4 is 12.2 Å². The summed E-state index contributed by atoms with van der Waals surface area (Å²) >= 11 is 0. The molecule has 12 heavy (non-hydrogen) atoms. The fourth-order valence-electron chi connectivity index (χ4n) is 0.657. The molecule has 0 rings (SSSR count). The molecule has 0 unspecified atom stereocenters. The maximum Gasteiger partial charge on any atom is 0.237 e. The minimum Gasteiger partial charge on any atom is -0.354 e. The van der Waals surface area contributed by atoms with Gasteiger partial charge in [0, 0.05) is 13.0 Å². The lowest BCUT2D eigenvalue weighted by Gasteiger charge is -2.14. The summed E-state index contributed by atoms with van der Waals surface area (Å²) in [4.78, 5) is 20.9. The summed E-state index contributed by atoms with van der Waals surface area (Å²) in [5.74, 6) is -0.0922. The highest BCUT2D eigenvalue weighted by atomic mass is 16.2. The van der Waals surface area contributed by atoms with E-state index in [9.17, 15) is 9.59 Å². The Balaban J connectivity index is 3.64. The van der Waals surface area contributed by atoms with Crippen LogP contribution in [-0.2, 0) is 9.59 Å². The Morgan fingerprint density at radius 3 is 2.58 bits per heavy atom. The molecule has 1 atom stereocenters. The van der Waals surface area contributed by atoms with E-state index >= 15 is 0 Å². The van der Waals surface area contributed by atoms with Crippen LogP contribution in [0.25, 0.3) is 0 Å². The van der Waals surface area contributed by atoms with Crippen molar-refractivity contribution in [3.05, 3.63) is 0 Å². The molecule has 0 saturated carbocycles. The molecule has 69 valence electrons. The monoisotopic (exact) mass is 171 g/mol. The van der Waals surface area contributed by atoms with E-state index in [0.717, 1.165) is 0 Å². The van der Waals surface area contributed by atoms with Gasteiger partial charge in [-0.3, -0.25) is 9.59 Å².